The van der Waals surface area contributed by atoms with Crippen molar-refractivity contribution in [1.82, 2.24) is 10.6 Å². The Labute approximate surface area is 185 Å². The highest BCUT2D eigenvalue weighted by Gasteiger charge is 2.07. The summed E-state index contributed by atoms with van der Waals surface area (Å²) in [7, 11) is 0. The number of aliphatic hydroxyl groups excluding tert-OH is 1. The molecular weight excluding hydrogens is 465 g/mol. The minimum absolute atomic E-state index is 0. The van der Waals surface area contributed by atoms with Gasteiger partial charge in [0.25, 0.3) is 0 Å². The number of ether oxygens (including phenoxy) is 1. The summed E-state index contributed by atoms with van der Waals surface area (Å²) in [6.07, 6.45) is 0.153. The number of guanidine groups is 1. The van der Waals surface area contributed by atoms with Crippen LogP contribution in [0.5, 0.6) is 0 Å². The van der Waals surface area contributed by atoms with E-state index in [4.69, 9.17) is 4.74 Å². The van der Waals surface area contributed by atoms with Gasteiger partial charge in [0.2, 0.25) is 0 Å². The van der Waals surface area contributed by atoms with E-state index in [1.54, 1.807) is 0 Å². The Morgan fingerprint density at radius 3 is 2.32 bits per heavy atom. The van der Waals surface area contributed by atoms with Gasteiger partial charge in [0.1, 0.15) is 0 Å². The minimum Gasteiger partial charge on any atom is -0.388 e. The number of benzene rings is 2. The maximum Gasteiger partial charge on any atom is 0.191 e. The highest BCUT2D eigenvalue weighted by Crippen LogP contribution is 2.14. The zero-order chi connectivity index (χ0) is 19.3. The van der Waals surface area contributed by atoms with Gasteiger partial charge in [-0.1, -0.05) is 54.6 Å². The molecule has 1 atom stereocenters. The van der Waals surface area contributed by atoms with Crippen LogP contribution in [0.3, 0.4) is 0 Å². The van der Waals surface area contributed by atoms with Gasteiger partial charge in [0, 0.05) is 19.7 Å². The van der Waals surface area contributed by atoms with Gasteiger partial charge >= 0.3 is 0 Å². The van der Waals surface area contributed by atoms with E-state index in [2.05, 4.69) is 39.9 Å². The van der Waals surface area contributed by atoms with Crippen LogP contribution in [0.25, 0.3) is 0 Å². The van der Waals surface area contributed by atoms with E-state index in [-0.39, 0.29) is 24.0 Å². The molecule has 2 aromatic carbocycles. The first-order valence-electron chi connectivity index (χ1n) is 9.63. The van der Waals surface area contributed by atoms with E-state index in [1.165, 1.54) is 5.56 Å². The van der Waals surface area contributed by atoms with E-state index >= 15 is 0 Å². The largest absolute Gasteiger partial charge is 0.388 e. The molecule has 6 heteroatoms. The molecule has 154 valence electrons. The molecule has 0 aromatic heterocycles. The van der Waals surface area contributed by atoms with Crippen LogP contribution in [0.4, 0.5) is 0 Å². The van der Waals surface area contributed by atoms with Gasteiger partial charge in [0.15, 0.2) is 5.96 Å². The van der Waals surface area contributed by atoms with Gasteiger partial charge < -0.3 is 20.5 Å². The first-order chi connectivity index (χ1) is 13.2. The van der Waals surface area contributed by atoms with Gasteiger partial charge in [0.05, 0.1) is 19.3 Å². The van der Waals surface area contributed by atoms with Crippen LogP contribution in [0.2, 0.25) is 0 Å². The van der Waals surface area contributed by atoms with Crippen LogP contribution < -0.4 is 10.6 Å². The number of nitrogens with zero attached hydrogens (tertiary/aromatic N) is 1. The summed E-state index contributed by atoms with van der Waals surface area (Å²) in [5.41, 5.74) is 3.26. The Bertz CT molecular complexity index is 678. The lowest BCUT2D eigenvalue weighted by molar-refractivity contribution is 0.134. The van der Waals surface area contributed by atoms with Crippen molar-refractivity contribution in [3.63, 3.8) is 0 Å². The third kappa shape index (κ3) is 9.03. The lowest BCUT2D eigenvalue weighted by atomic mass is 10.1. The molecule has 28 heavy (non-hydrogen) atoms. The highest BCUT2D eigenvalue weighted by molar-refractivity contribution is 14.0. The summed E-state index contributed by atoms with van der Waals surface area (Å²) in [5, 5.41) is 16.8. The molecule has 0 fully saturated rings. The van der Waals surface area contributed by atoms with Gasteiger partial charge in [-0.2, -0.15) is 0 Å². The van der Waals surface area contributed by atoms with Crippen molar-refractivity contribution in [1.29, 1.82) is 0 Å². The SMILES string of the molecule is CCNC(=NCc1ccc(COCC)cc1)NCCC(O)c1ccccc1.I. The van der Waals surface area contributed by atoms with Crippen molar-refractivity contribution in [2.24, 2.45) is 4.99 Å². The lowest BCUT2D eigenvalue weighted by Crippen LogP contribution is -2.38. The lowest BCUT2D eigenvalue weighted by Gasteiger charge is -2.14. The second-order valence-electron chi connectivity index (χ2n) is 6.29. The monoisotopic (exact) mass is 497 g/mol. The fourth-order valence-corrected chi connectivity index (χ4v) is 2.64. The van der Waals surface area contributed by atoms with Crippen LogP contribution >= 0.6 is 24.0 Å². The van der Waals surface area contributed by atoms with Crippen LogP contribution in [-0.4, -0.2) is 30.8 Å². The van der Waals surface area contributed by atoms with E-state index in [0.29, 0.717) is 26.1 Å². The number of rotatable bonds is 10. The third-order valence-electron chi connectivity index (χ3n) is 4.15. The van der Waals surface area contributed by atoms with Crippen molar-refractivity contribution in [3.8, 4) is 0 Å². The van der Waals surface area contributed by atoms with Crippen molar-refractivity contribution in [2.45, 2.75) is 39.5 Å². The molecule has 0 aliphatic heterocycles. The first-order valence-corrected chi connectivity index (χ1v) is 9.63. The maximum absolute atomic E-state index is 10.2. The second kappa shape index (κ2) is 14.4. The predicted octanol–water partition coefficient (Wildman–Crippen LogP) is 4.02. The van der Waals surface area contributed by atoms with Crippen molar-refractivity contribution in [3.05, 3.63) is 71.3 Å². The number of hydrogen-bond donors (Lipinski definition) is 3. The van der Waals surface area contributed by atoms with Gasteiger partial charge in [-0.3, -0.25) is 0 Å². The van der Waals surface area contributed by atoms with E-state index in [1.807, 2.05) is 44.2 Å². The number of aliphatic imine (C=N–C) groups is 1. The molecule has 2 rings (SSSR count). The van der Waals surface area contributed by atoms with E-state index in [0.717, 1.165) is 30.2 Å². The molecule has 0 aliphatic carbocycles. The first kappa shape index (κ1) is 24.4. The minimum atomic E-state index is -0.473. The van der Waals surface area contributed by atoms with Crippen molar-refractivity contribution < 1.29 is 9.84 Å². The number of aliphatic hydroxyl groups is 1. The third-order valence-corrected chi connectivity index (χ3v) is 4.15. The number of hydrogen-bond acceptors (Lipinski definition) is 3. The number of nitrogens with one attached hydrogen (secondary N) is 2. The summed E-state index contributed by atoms with van der Waals surface area (Å²) >= 11 is 0. The summed E-state index contributed by atoms with van der Waals surface area (Å²) in [6.45, 7) is 7.45. The molecule has 0 radical (unpaired) electrons. The highest BCUT2D eigenvalue weighted by atomic mass is 127. The summed E-state index contributed by atoms with van der Waals surface area (Å²) in [6, 6.07) is 18.1. The Hall–Kier alpha value is -1.64. The van der Waals surface area contributed by atoms with Crippen LogP contribution in [0.1, 0.15) is 43.1 Å². The summed E-state index contributed by atoms with van der Waals surface area (Å²) < 4.78 is 5.42. The molecule has 0 bridgehead atoms. The molecule has 1 unspecified atom stereocenters. The molecule has 0 aliphatic rings. The Morgan fingerprint density at radius 2 is 1.68 bits per heavy atom. The van der Waals surface area contributed by atoms with Crippen LogP contribution in [0.15, 0.2) is 59.6 Å². The standard InChI is InChI=1S/C22H31N3O2.HI/c1-3-23-22(24-15-14-21(26)20-8-6-5-7-9-20)25-16-18-10-12-19(13-11-18)17-27-4-2;/h5-13,21,26H,3-4,14-17H2,1-2H3,(H2,23,24,25);1H. The predicted molar refractivity (Wildman–Crippen MR) is 126 cm³/mol. The van der Waals surface area contributed by atoms with Crippen molar-refractivity contribution in [2.75, 3.05) is 19.7 Å². The average Bonchev–Trinajstić information content (AvgIpc) is 2.71. The molecule has 0 amide bonds. The van der Waals surface area contributed by atoms with Crippen LogP contribution in [-0.2, 0) is 17.9 Å². The fourth-order valence-electron chi connectivity index (χ4n) is 2.64. The topological polar surface area (TPSA) is 65.9 Å². The van der Waals surface area contributed by atoms with Gasteiger partial charge in [-0.15, -0.1) is 24.0 Å². The molecule has 0 heterocycles. The second-order valence-corrected chi connectivity index (χ2v) is 6.29. The Balaban J connectivity index is 0.00000392. The fraction of sp³-hybridized carbons (Fsp3) is 0.409. The van der Waals surface area contributed by atoms with E-state index < -0.39 is 6.10 Å². The molecule has 3 N–H and O–H groups in total. The molecule has 5 nitrogen and oxygen atoms in total. The van der Waals surface area contributed by atoms with Crippen molar-refractivity contribution >= 4 is 29.9 Å². The maximum atomic E-state index is 10.2. The normalized spacial score (nSPS) is 12.2. The molecule has 2 aromatic rings. The molecule has 0 saturated heterocycles. The summed E-state index contributed by atoms with van der Waals surface area (Å²) in [4.78, 5) is 4.63. The molecular formula is C22H32IN3O2. The average molecular weight is 497 g/mol. The molecule has 0 saturated carbocycles. The summed E-state index contributed by atoms with van der Waals surface area (Å²) in [5.74, 6) is 0.760. The Kier molecular flexibility index (Phi) is 12.5. The van der Waals surface area contributed by atoms with Crippen LogP contribution in [0, 0.1) is 0 Å². The van der Waals surface area contributed by atoms with Gasteiger partial charge in [-0.05, 0) is 37.0 Å². The number of halogens is 1. The zero-order valence-electron chi connectivity index (χ0n) is 16.7. The smallest absolute Gasteiger partial charge is 0.191 e. The quantitative estimate of drug-likeness (QED) is 0.264. The zero-order valence-corrected chi connectivity index (χ0v) is 19.1. The molecule has 0 spiro atoms. The van der Waals surface area contributed by atoms with E-state index in [9.17, 15) is 5.11 Å². The Morgan fingerprint density at radius 1 is 1.00 bits per heavy atom. The van der Waals surface area contributed by atoms with Gasteiger partial charge in [-0.25, -0.2) is 4.99 Å².